The number of aromatic nitrogens is 2. The zero-order valence-corrected chi connectivity index (χ0v) is 6.14. The maximum Gasteiger partial charge on any atom is 0.0763 e. The number of nitrogens with two attached hydrogens (primary N) is 1. The predicted molar refractivity (Wildman–Crippen MR) is 40.2 cm³/mol. The molecule has 5 heteroatoms. The zero-order valence-electron chi connectivity index (χ0n) is 5.32. The van der Waals surface area contributed by atoms with E-state index < -0.39 is 0 Å². The van der Waals surface area contributed by atoms with E-state index in [2.05, 4.69) is 21.6 Å². The highest BCUT2D eigenvalue weighted by molar-refractivity contribution is 7.05. The second-order valence-corrected chi connectivity index (χ2v) is 2.52. The minimum absolute atomic E-state index is 0.0278. The van der Waals surface area contributed by atoms with Crippen LogP contribution in [0, 0.1) is 0 Å². The topological polar surface area (TPSA) is 63.8 Å². The van der Waals surface area contributed by atoms with Gasteiger partial charge < -0.3 is 0 Å². The lowest BCUT2D eigenvalue weighted by Gasteiger charge is -2.04. The molecule has 1 atom stereocenters. The molecule has 4 nitrogen and oxygen atoms in total. The van der Waals surface area contributed by atoms with Gasteiger partial charge in [0.2, 0.25) is 0 Å². The van der Waals surface area contributed by atoms with Crippen molar-refractivity contribution in [3.8, 4) is 0 Å². The number of hydrazine groups is 1. The lowest BCUT2D eigenvalue weighted by atomic mass is 10.3. The lowest BCUT2D eigenvalue weighted by molar-refractivity contribution is 0.665. The molecule has 1 unspecified atom stereocenters. The van der Waals surface area contributed by atoms with Gasteiger partial charge in [0.15, 0.2) is 0 Å². The van der Waals surface area contributed by atoms with E-state index in [1.165, 1.54) is 11.5 Å². The van der Waals surface area contributed by atoms with Gasteiger partial charge in [0.1, 0.15) is 0 Å². The average Bonchev–Trinajstić information content (AvgIpc) is 2.43. The minimum Gasteiger partial charge on any atom is -0.271 e. The fourth-order valence-corrected chi connectivity index (χ4v) is 1.14. The number of rotatable bonds is 3. The van der Waals surface area contributed by atoms with Crippen LogP contribution in [0.15, 0.2) is 18.9 Å². The van der Waals surface area contributed by atoms with E-state index in [0.29, 0.717) is 0 Å². The molecule has 0 aromatic carbocycles. The van der Waals surface area contributed by atoms with E-state index in [-0.39, 0.29) is 6.04 Å². The van der Waals surface area contributed by atoms with Crippen LogP contribution in [0.4, 0.5) is 0 Å². The van der Waals surface area contributed by atoms with Crippen molar-refractivity contribution in [2.24, 2.45) is 5.84 Å². The Hall–Kier alpha value is -0.780. The molecule has 0 amide bonds. The number of hydrogen-bond acceptors (Lipinski definition) is 5. The van der Waals surface area contributed by atoms with Gasteiger partial charge >= 0.3 is 0 Å². The Morgan fingerprint density at radius 2 is 2.70 bits per heavy atom. The Balaban J connectivity index is 2.73. The molecule has 0 aliphatic heterocycles. The molecule has 0 aliphatic carbocycles. The molecule has 1 aromatic rings. The highest BCUT2D eigenvalue weighted by Gasteiger charge is 2.05. The second kappa shape index (κ2) is 3.40. The van der Waals surface area contributed by atoms with Crippen LogP contribution in [-0.2, 0) is 0 Å². The second-order valence-electron chi connectivity index (χ2n) is 1.70. The summed E-state index contributed by atoms with van der Waals surface area (Å²) in [7, 11) is 0. The summed E-state index contributed by atoms with van der Waals surface area (Å²) in [5.41, 5.74) is 2.57. The smallest absolute Gasteiger partial charge is 0.0763 e. The fraction of sp³-hybridized carbons (Fsp3) is 0.200. The van der Waals surface area contributed by atoms with E-state index in [4.69, 9.17) is 5.84 Å². The fourth-order valence-electron chi connectivity index (χ4n) is 0.578. The van der Waals surface area contributed by atoms with E-state index in [9.17, 15) is 0 Å². The SMILES string of the molecule is C=CC(NN)c1cnns1. The molecule has 1 rings (SSSR count). The Morgan fingerprint density at radius 1 is 1.90 bits per heavy atom. The van der Waals surface area contributed by atoms with Crippen molar-refractivity contribution < 1.29 is 0 Å². The first-order valence-electron chi connectivity index (χ1n) is 2.74. The Labute approximate surface area is 62.9 Å². The molecular weight excluding hydrogens is 148 g/mol. The Kier molecular flexibility index (Phi) is 2.49. The van der Waals surface area contributed by atoms with Gasteiger partial charge in [-0.15, -0.1) is 11.7 Å². The van der Waals surface area contributed by atoms with Crippen molar-refractivity contribution in [1.82, 2.24) is 15.0 Å². The molecule has 3 N–H and O–H groups in total. The molecule has 0 fully saturated rings. The van der Waals surface area contributed by atoms with Gasteiger partial charge in [0.05, 0.1) is 17.1 Å². The average molecular weight is 156 g/mol. The summed E-state index contributed by atoms with van der Waals surface area (Å²) in [6, 6.07) is -0.0278. The summed E-state index contributed by atoms with van der Waals surface area (Å²) in [5.74, 6) is 5.20. The van der Waals surface area contributed by atoms with Crippen molar-refractivity contribution >= 4 is 11.5 Å². The van der Waals surface area contributed by atoms with Crippen molar-refractivity contribution in [2.45, 2.75) is 6.04 Å². The monoisotopic (exact) mass is 156 g/mol. The normalized spacial score (nSPS) is 12.9. The molecule has 0 spiro atoms. The standard InChI is InChI=1S/C5H8N4S/c1-2-4(8-6)5-3-7-9-10-5/h2-4,8H,1,6H2. The molecule has 0 bridgehead atoms. The van der Waals surface area contributed by atoms with E-state index in [1.54, 1.807) is 12.3 Å². The van der Waals surface area contributed by atoms with E-state index in [1.807, 2.05) is 0 Å². The van der Waals surface area contributed by atoms with E-state index >= 15 is 0 Å². The largest absolute Gasteiger partial charge is 0.271 e. The van der Waals surface area contributed by atoms with Crippen molar-refractivity contribution in [3.05, 3.63) is 23.7 Å². The molecule has 0 radical (unpaired) electrons. The zero-order chi connectivity index (χ0) is 7.40. The molecule has 0 aliphatic rings. The van der Waals surface area contributed by atoms with Crippen LogP contribution in [0.1, 0.15) is 10.9 Å². The first-order chi connectivity index (χ1) is 4.88. The van der Waals surface area contributed by atoms with Gasteiger partial charge in [-0.05, 0) is 11.5 Å². The van der Waals surface area contributed by atoms with Crippen molar-refractivity contribution in [2.75, 3.05) is 0 Å². The number of hydrogen-bond donors (Lipinski definition) is 2. The summed E-state index contributed by atoms with van der Waals surface area (Å²) in [4.78, 5) is 0.970. The minimum atomic E-state index is -0.0278. The molecule has 1 aromatic heterocycles. The summed E-state index contributed by atoms with van der Waals surface area (Å²) < 4.78 is 3.69. The number of nitrogens with zero attached hydrogens (tertiary/aromatic N) is 2. The van der Waals surface area contributed by atoms with Crippen LogP contribution in [0.2, 0.25) is 0 Å². The highest BCUT2D eigenvalue weighted by Crippen LogP contribution is 2.13. The van der Waals surface area contributed by atoms with Crippen LogP contribution in [-0.4, -0.2) is 9.59 Å². The van der Waals surface area contributed by atoms with Crippen LogP contribution < -0.4 is 11.3 Å². The number of nitrogens with one attached hydrogen (secondary N) is 1. The maximum atomic E-state index is 5.20. The summed E-state index contributed by atoms with van der Waals surface area (Å²) >= 11 is 1.31. The molecule has 54 valence electrons. The Morgan fingerprint density at radius 3 is 3.10 bits per heavy atom. The van der Waals surface area contributed by atoms with Gasteiger partial charge in [-0.1, -0.05) is 10.6 Å². The van der Waals surface area contributed by atoms with Gasteiger partial charge in [0, 0.05) is 0 Å². The lowest BCUT2D eigenvalue weighted by Crippen LogP contribution is -2.25. The highest BCUT2D eigenvalue weighted by atomic mass is 32.1. The third-order valence-corrected chi connectivity index (χ3v) is 1.85. The third-order valence-electron chi connectivity index (χ3n) is 1.10. The molecule has 10 heavy (non-hydrogen) atoms. The van der Waals surface area contributed by atoms with Crippen LogP contribution >= 0.6 is 11.5 Å². The third kappa shape index (κ3) is 1.38. The molecule has 0 saturated heterocycles. The van der Waals surface area contributed by atoms with Crippen LogP contribution in [0.5, 0.6) is 0 Å². The Bertz CT molecular complexity index is 195. The van der Waals surface area contributed by atoms with Gasteiger partial charge in [-0.3, -0.25) is 5.84 Å². The van der Waals surface area contributed by atoms with Crippen LogP contribution in [0.25, 0.3) is 0 Å². The van der Waals surface area contributed by atoms with Gasteiger partial charge in [-0.25, -0.2) is 5.43 Å². The molecular formula is C5H8N4S. The quantitative estimate of drug-likeness (QED) is 0.373. The summed E-state index contributed by atoms with van der Waals surface area (Å²) in [6.07, 6.45) is 3.37. The van der Waals surface area contributed by atoms with E-state index in [0.717, 1.165) is 4.88 Å². The van der Waals surface area contributed by atoms with Gasteiger partial charge in [-0.2, -0.15) is 0 Å². The predicted octanol–water partition coefficient (Wildman–Crippen LogP) is 0.228. The van der Waals surface area contributed by atoms with Crippen molar-refractivity contribution in [1.29, 1.82) is 0 Å². The van der Waals surface area contributed by atoms with Gasteiger partial charge in [0.25, 0.3) is 0 Å². The van der Waals surface area contributed by atoms with Crippen LogP contribution in [0.3, 0.4) is 0 Å². The molecule has 0 saturated carbocycles. The maximum absolute atomic E-state index is 5.20. The summed E-state index contributed by atoms with van der Waals surface area (Å²) in [6.45, 7) is 3.60. The van der Waals surface area contributed by atoms with Crippen molar-refractivity contribution in [3.63, 3.8) is 0 Å². The first-order valence-corrected chi connectivity index (χ1v) is 3.51. The molecule has 1 heterocycles. The first kappa shape index (κ1) is 7.33. The summed E-state index contributed by atoms with van der Waals surface area (Å²) in [5, 5.41) is 3.66.